The molecular weight excluding hydrogens is 276 g/mol. The summed E-state index contributed by atoms with van der Waals surface area (Å²) in [5, 5.41) is 0. The molecule has 0 bridgehead atoms. The highest BCUT2D eigenvalue weighted by atomic mass is 16.5. The number of nitrogens with zero attached hydrogens (tertiary/aromatic N) is 2. The Labute approximate surface area is 133 Å². The van der Waals surface area contributed by atoms with Crippen LogP contribution >= 0.6 is 0 Å². The van der Waals surface area contributed by atoms with Gasteiger partial charge in [0.15, 0.2) is 0 Å². The number of amides is 2. The van der Waals surface area contributed by atoms with Crippen LogP contribution < -0.4 is 4.90 Å². The van der Waals surface area contributed by atoms with Crippen molar-refractivity contribution in [2.45, 2.75) is 20.8 Å². The molecule has 0 aliphatic carbocycles. The average molecular weight is 303 g/mol. The van der Waals surface area contributed by atoms with E-state index in [4.69, 9.17) is 4.74 Å². The Morgan fingerprint density at radius 1 is 1.27 bits per heavy atom. The Hall–Kier alpha value is -1.65. The summed E-state index contributed by atoms with van der Waals surface area (Å²) in [7, 11) is 2.00. The smallest absolute Gasteiger partial charge is 0.370 e. The van der Waals surface area contributed by atoms with Crippen LogP contribution in [0.15, 0.2) is 24.8 Å². The lowest BCUT2D eigenvalue weighted by atomic mass is 10.0. The van der Waals surface area contributed by atoms with Crippen LogP contribution in [0.1, 0.15) is 16.7 Å². The predicted octanol–water partition coefficient (Wildman–Crippen LogP) is 3.20. The lowest BCUT2D eigenvalue weighted by molar-refractivity contribution is -0.838. The molecule has 0 spiro atoms. The van der Waals surface area contributed by atoms with E-state index in [0.717, 1.165) is 29.9 Å². The zero-order valence-electron chi connectivity index (χ0n) is 14.2. The van der Waals surface area contributed by atoms with Crippen molar-refractivity contribution < 1.29 is 14.0 Å². The minimum atomic E-state index is 0.123. The summed E-state index contributed by atoms with van der Waals surface area (Å²) in [6.45, 7) is 13.3. The van der Waals surface area contributed by atoms with Crippen LogP contribution in [0.5, 0.6) is 0 Å². The van der Waals surface area contributed by atoms with Gasteiger partial charge in [-0.15, -0.1) is 6.58 Å². The van der Waals surface area contributed by atoms with Crippen LogP contribution in [0.25, 0.3) is 0 Å². The molecule has 0 radical (unpaired) electrons. The van der Waals surface area contributed by atoms with Gasteiger partial charge in [-0.1, -0.05) is 23.8 Å². The number of anilines is 1. The van der Waals surface area contributed by atoms with Crippen molar-refractivity contribution in [3.63, 3.8) is 0 Å². The maximum Gasteiger partial charge on any atom is 0.423 e. The molecule has 0 N–H and O–H groups in total. The molecule has 1 heterocycles. The van der Waals surface area contributed by atoms with E-state index in [1.54, 1.807) is 6.08 Å². The fraction of sp³-hybridized carbons (Fsp3) is 0.500. The van der Waals surface area contributed by atoms with E-state index in [9.17, 15) is 4.79 Å². The quantitative estimate of drug-likeness (QED) is 0.634. The maximum atomic E-state index is 13.2. The second kappa shape index (κ2) is 6.63. The number of hydrogen-bond acceptors (Lipinski definition) is 2. The Bertz CT molecular complexity index is 551. The summed E-state index contributed by atoms with van der Waals surface area (Å²) in [5.41, 5.74) is 4.50. The standard InChI is InChI=1S/C18H27N2O2/c1-6-7-19(17-15(3)12-14(2)13-16(17)4)18(21)20(5)8-10-22-11-9-20/h6,12-13H,1,7-11H2,2-5H3/q+1. The minimum Gasteiger partial charge on any atom is -0.370 e. The first-order chi connectivity index (χ1) is 10.4. The lowest BCUT2D eigenvalue weighted by Crippen LogP contribution is -2.61. The first-order valence-electron chi connectivity index (χ1n) is 7.82. The van der Waals surface area contributed by atoms with Crippen molar-refractivity contribution in [1.82, 2.24) is 0 Å². The number of carbonyl (C=O) groups is 1. The normalized spacial score (nSPS) is 17.1. The minimum absolute atomic E-state index is 0.123. The molecule has 2 amide bonds. The van der Waals surface area contributed by atoms with E-state index in [-0.39, 0.29) is 6.03 Å². The van der Waals surface area contributed by atoms with Crippen LogP contribution in [-0.4, -0.2) is 50.4 Å². The van der Waals surface area contributed by atoms with Gasteiger partial charge in [-0.25, -0.2) is 9.28 Å². The first kappa shape index (κ1) is 16.7. The largest absolute Gasteiger partial charge is 0.423 e. The van der Waals surface area contributed by atoms with Crippen molar-refractivity contribution >= 4 is 11.7 Å². The molecule has 0 atom stereocenters. The molecule has 1 saturated heterocycles. The van der Waals surface area contributed by atoms with Gasteiger partial charge in [0, 0.05) is 6.54 Å². The van der Waals surface area contributed by atoms with Gasteiger partial charge in [-0.05, 0) is 31.9 Å². The Balaban J connectivity index is 2.42. The summed E-state index contributed by atoms with van der Waals surface area (Å²) >= 11 is 0. The van der Waals surface area contributed by atoms with Crippen molar-refractivity contribution in [2.24, 2.45) is 0 Å². The number of urea groups is 1. The number of carbonyl (C=O) groups excluding carboxylic acids is 1. The summed E-state index contributed by atoms with van der Waals surface area (Å²) in [6.07, 6.45) is 1.79. The third-order valence-corrected chi connectivity index (χ3v) is 4.37. The Morgan fingerprint density at radius 2 is 1.82 bits per heavy atom. The summed E-state index contributed by atoms with van der Waals surface area (Å²) < 4.78 is 5.81. The van der Waals surface area contributed by atoms with E-state index in [2.05, 4.69) is 39.5 Å². The molecule has 0 aromatic heterocycles. The van der Waals surface area contributed by atoms with E-state index >= 15 is 0 Å². The van der Waals surface area contributed by atoms with E-state index in [1.807, 2.05) is 11.9 Å². The second-order valence-corrected chi connectivity index (χ2v) is 6.38. The van der Waals surface area contributed by atoms with Crippen LogP contribution in [0, 0.1) is 20.8 Å². The molecule has 0 unspecified atom stereocenters. The highest BCUT2D eigenvalue weighted by Gasteiger charge is 2.39. The molecular formula is C18H27N2O2+. The third kappa shape index (κ3) is 3.23. The number of benzene rings is 1. The molecule has 22 heavy (non-hydrogen) atoms. The predicted molar refractivity (Wildman–Crippen MR) is 90.3 cm³/mol. The van der Waals surface area contributed by atoms with Gasteiger partial charge >= 0.3 is 6.03 Å². The number of morpholine rings is 1. The molecule has 1 aliphatic heterocycles. The average Bonchev–Trinajstić information content (AvgIpc) is 2.45. The molecule has 0 saturated carbocycles. The highest BCUT2D eigenvalue weighted by Crippen LogP contribution is 2.28. The number of ether oxygens (including phenoxy) is 1. The SMILES string of the molecule is C=CCN(C(=O)[N+]1(C)CCOCC1)c1c(C)cc(C)cc1C. The molecule has 2 rings (SSSR count). The maximum absolute atomic E-state index is 13.2. The summed E-state index contributed by atoms with van der Waals surface area (Å²) in [5.74, 6) is 0. The van der Waals surface area contributed by atoms with Crippen LogP contribution in [-0.2, 0) is 4.74 Å². The van der Waals surface area contributed by atoms with E-state index in [1.165, 1.54) is 5.56 Å². The van der Waals surface area contributed by atoms with Crippen LogP contribution in [0.4, 0.5) is 10.5 Å². The van der Waals surface area contributed by atoms with Gasteiger partial charge in [-0.3, -0.25) is 4.90 Å². The van der Waals surface area contributed by atoms with Crippen molar-refractivity contribution in [3.05, 3.63) is 41.5 Å². The molecule has 1 aromatic carbocycles. The number of quaternary nitrogens is 1. The van der Waals surface area contributed by atoms with Crippen molar-refractivity contribution in [1.29, 1.82) is 0 Å². The monoisotopic (exact) mass is 303 g/mol. The molecule has 120 valence electrons. The molecule has 4 nitrogen and oxygen atoms in total. The third-order valence-electron chi connectivity index (χ3n) is 4.37. The summed E-state index contributed by atoms with van der Waals surface area (Å²) in [4.78, 5) is 15.1. The molecule has 1 fully saturated rings. The summed E-state index contributed by atoms with van der Waals surface area (Å²) in [6, 6.07) is 4.38. The van der Waals surface area contributed by atoms with Gasteiger partial charge < -0.3 is 4.74 Å². The fourth-order valence-electron chi connectivity index (χ4n) is 3.22. The van der Waals surface area contributed by atoms with Gasteiger partial charge in [0.05, 0.1) is 25.9 Å². The molecule has 1 aromatic rings. The molecule has 4 heteroatoms. The molecule has 1 aliphatic rings. The highest BCUT2D eigenvalue weighted by molar-refractivity contribution is 5.89. The van der Waals surface area contributed by atoms with Gasteiger partial charge in [0.25, 0.3) is 0 Å². The zero-order chi connectivity index (χ0) is 16.3. The number of hydrogen-bond donors (Lipinski definition) is 0. The second-order valence-electron chi connectivity index (χ2n) is 6.38. The first-order valence-corrected chi connectivity index (χ1v) is 7.82. The van der Waals surface area contributed by atoms with Gasteiger partial charge in [0.2, 0.25) is 0 Å². The topological polar surface area (TPSA) is 29.5 Å². The van der Waals surface area contributed by atoms with Crippen molar-refractivity contribution in [3.8, 4) is 0 Å². The van der Waals surface area contributed by atoms with Crippen LogP contribution in [0.3, 0.4) is 0 Å². The fourth-order valence-corrected chi connectivity index (χ4v) is 3.22. The number of aryl methyl sites for hydroxylation is 3. The van der Waals surface area contributed by atoms with E-state index < -0.39 is 0 Å². The number of rotatable bonds is 3. The Morgan fingerprint density at radius 3 is 2.32 bits per heavy atom. The van der Waals surface area contributed by atoms with Crippen molar-refractivity contribution in [2.75, 3.05) is 44.8 Å². The number of likely N-dealkylation sites (N-methyl/N-ethyl adjacent to an activating group) is 1. The van der Waals surface area contributed by atoms with E-state index in [0.29, 0.717) is 24.2 Å². The van der Waals surface area contributed by atoms with Gasteiger partial charge in [0.1, 0.15) is 13.1 Å². The lowest BCUT2D eigenvalue weighted by Gasteiger charge is -2.38. The zero-order valence-corrected chi connectivity index (χ0v) is 14.2. The van der Waals surface area contributed by atoms with Crippen LogP contribution in [0.2, 0.25) is 0 Å². The Kier molecular flexibility index (Phi) is 5.04. The van der Waals surface area contributed by atoms with Gasteiger partial charge in [-0.2, -0.15) is 0 Å².